The highest BCUT2D eigenvalue weighted by atomic mass is 32.2. The van der Waals surface area contributed by atoms with Crippen LogP contribution in [0.4, 0.5) is 11.4 Å². The third-order valence-corrected chi connectivity index (χ3v) is 9.21. The number of anilines is 2. The lowest BCUT2D eigenvalue weighted by molar-refractivity contribution is -0.117. The van der Waals surface area contributed by atoms with Gasteiger partial charge in [0.05, 0.1) is 24.1 Å². The van der Waals surface area contributed by atoms with Gasteiger partial charge in [0.2, 0.25) is 15.9 Å². The molecular weight excluding hydrogens is 542 g/mol. The maximum absolute atomic E-state index is 13.6. The van der Waals surface area contributed by atoms with Crippen LogP contribution in [0.3, 0.4) is 0 Å². The highest BCUT2D eigenvalue weighted by Gasteiger charge is 2.30. The average molecular weight is 580 g/mol. The molecule has 1 saturated heterocycles. The minimum absolute atomic E-state index is 0.0235. The number of likely N-dealkylation sites (tertiary alicyclic amines) is 1. The molecule has 3 aromatic rings. The van der Waals surface area contributed by atoms with Crippen molar-refractivity contribution in [2.24, 2.45) is 5.92 Å². The zero-order chi connectivity index (χ0) is 29.4. The molecule has 3 aromatic carbocycles. The minimum atomic E-state index is -3.76. The van der Waals surface area contributed by atoms with Crippen molar-refractivity contribution in [3.63, 3.8) is 0 Å². The number of carboxylic acid groups (broad SMARTS) is 1. The van der Waals surface area contributed by atoms with Crippen molar-refractivity contribution in [1.29, 1.82) is 0 Å². The van der Waals surface area contributed by atoms with Gasteiger partial charge in [-0.05, 0) is 92.9 Å². The minimum Gasteiger partial charge on any atom is -0.497 e. The van der Waals surface area contributed by atoms with Crippen LogP contribution in [0, 0.1) is 5.92 Å². The molecule has 0 bridgehead atoms. The summed E-state index contributed by atoms with van der Waals surface area (Å²) >= 11 is 0. The van der Waals surface area contributed by atoms with Gasteiger partial charge in [0, 0.05) is 24.7 Å². The number of carboxylic acids is 1. The summed E-state index contributed by atoms with van der Waals surface area (Å²) in [6.07, 6.45) is 2.11. The second-order valence-electron chi connectivity index (χ2n) is 10.4. The van der Waals surface area contributed by atoms with E-state index in [0.29, 0.717) is 17.7 Å². The van der Waals surface area contributed by atoms with E-state index in [9.17, 15) is 23.1 Å². The second-order valence-corrected chi connectivity index (χ2v) is 12.3. The van der Waals surface area contributed by atoms with Gasteiger partial charge in [0.15, 0.2) is 0 Å². The molecule has 218 valence electrons. The summed E-state index contributed by atoms with van der Waals surface area (Å²) in [7, 11) is -2.16. The Morgan fingerprint density at radius 1 is 1.00 bits per heavy atom. The Hall–Kier alpha value is -3.89. The van der Waals surface area contributed by atoms with E-state index in [1.807, 2.05) is 25.1 Å². The zero-order valence-electron chi connectivity index (χ0n) is 23.4. The second kappa shape index (κ2) is 13.6. The highest BCUT2D eigenvalue weighted by Crippen LogP contribution is 2.27. The number of nitrogens with one attached hydrogen (secondary N) is 1. The van der Waals surface area contributed by atoms with Gasteiger partial charge in [-0.1, -0.05) is 30.3 Å². The van der Waals surface area contributed by atoms with Gasteiger partial charge in [0.1, 0.15) is 5.75 Å². The molecule has 1 heterocycles. The number of methoxy groups -OCH3 is 1. The van der Waals surface area contributed by atoms with Crippen LogP contribution in [-0.4, -0.2) is 63.1 Å². The lowest BCUT2D eigenvalue weighted by atomic mass is 9.92. The first-order chi connectivity index (χ1) is 19.6. The quantitative estimate of drug-likeness (QED) is 0.315. The van der Waals surface area contributed by atoms with E-state index in [0.717, 1.165) is 37.4 Å². The van der Waals surface area contributed by atoms with Gasteiger partial charge in [-0.15, -0.1) is 0 Å². The fourth-order valence-corrected chi connectivity index (χ4v) is 6.77. The molecular formula is C31H37N3O6S. The molecule has 10 heteroatoms. The van der Waals surface area contributed by atoms with E-state index in [2.05, 4.69) is 10.2 Å². The van der Waals surface area contributed by atoms with E-state index in [-0.39, 0.29) is 35.7 Å². The first kappa shape index (κ1) is 30.1. The lowest BCUT2D eigenvalue weighted by Gasteiger charge is -2.38. The zero-order valence-corrected chi connectivity index (χ0v) is 24.2. The van der Waals surface area contributed by atoms with Crippen LogP contribution >= 0.6 is 0 Å². The van der Waals surface area contributed by atoms with Gasteiger partial charge in [-0.3, -0.25) is 14.0 Å². The maximum Gasteiger partial charge on any atom is 0.335 e. The summed E-state index contributed by atoms with van der Waals surface area (Å²) in [5.41, 5.74) is 1.94. The highest BCUT2D eigenvalue weighted by molar-refractivity contribution is 7.92. The Morgan fingerprint density at radius 3 is 2.22 bits per heavy atom. The molecule has 0 aromatic heterocycles. The van der Waals surface area contributed by atoms with E-state index in [1.54, 1.807) is 55.6 Å². The molecule has 0 spiro atoms. The average Bonchev–Trinajstić information content (AvgIpc) is 2.97. The van der Waals surface area contributed by atoms with Crippen LogP contribution < -0.4 is 14.4 Å². The topological polar surface area (TPSA) is 116 Å². The van der Waals surface area contributed by atoms with Crippen LogP contribution in [0.1, 0.15) is 42.1 Å². The molecule has 4 rings (SSSR count). The predicted molar refractivity (Wildman–Crippen MR) is 160 cm³/mol. The number of piperidine rings is 1. The number of ether oxygens (including phenoxy) is 1. The van der Waals surface area contributed by atoms with Crippen molar-refractivity contribution in [2.75, 3.05) is 36.4 Å². The molecule has 41 heavy (non-hydrogen) atoms. The molecule has 0 saturated carbocycles. The van der Waals surface area contributed by atoms with Crippen LogP contribution in [0.25, 0.3) is 0 Å². The molecule has 0 radical (unpaired) electrons. The Balaban J connectivity index is 1.38. The molecule has 9 nitrogen and oxygen atoms in total. The summed E-state index contributed by atoms with van der Waals surface area (Å²) in [5, 5.41) is 12.2. The Bertz CT molecular complexity index is 1400. The number of carbonyl (C=O) groups is 2. The van der Waals surface area contributed by atoms with Crippen LogP contribution in [-0.2, 0) is 20.6 Å². The first-order valence-corrected chi connectivity index (χ1v) is 15.3. The molecule has 1 aliphatic rings. The van der Waals surface area contributed by atoms with Gasteiger partial charge in [0.25, 0.3) is 0 Å². The SMILES string of the molecule is COc1ccc(NC(=O)CC2CCN([C@H](C)CN(c3ccc(C(=O)O)cc3)S(=O)(=O)Cc3ccccc3)CC2)cc1. The molecule has 0 aliphatic carbocycles. The summed E-state index contributed by atoms with van der Waals surface area (Å²) < 4.78 is 33.8. The molecule has 0 unspecified atom stereocenters. The number of aromatic carboxylic acids is 1. The first-order valence-electron chi connectivity index (χ1n) is 13.7. The fraction of sp³-hybridized carbons (Fsp3) is 0.355. The van der Waals surface area contributed by atoms with Gasteiger partial charge < -0.3 is 15.2 Å². The Kier molecular flexibility index (Phi) is 10.0. The summed E-state index contributed by atoms with van der Waals surface area (Å²) in [4.78, 5) is 26.2. The number of sulfonamides is 1. The van der Waals surface area contributed by atoms with Crippen LogP contribution in [0.15, 0.2) is 78.9 Å². The monoisotopic (exact) mass is 579 g/mol. The smallest absolute Gasteiger partial charge is 0.335 e. The molecule has 1 fully saturated rings. The van der Waals surface area contributed by atoms with E-state index < -0.39 is 16.0 Å². The van der Waals surface area contributed by atoms with Crippen molar-refractivity contribution in [1.82, 2.24) is 4.90 Å². The summed E-state index contributed by atoms with van der Waals surface area (Å²) in [6.45, 7) is 3.75. The van der Waals surface area contributed by atoms with Crippen LogP contribution in [0.2, 0.25) is 0 Å². The van der Waals surface area contributed by atoms with Crippen LogP contribution in [0.5, 0.6) is 5.75 Å². The van der Waals surface area contributed by atoms with Crippen molar-refractivity contribution in [2.45, 2.75) is 38.0 Å². The van der Waals surface area contributed by atoms with Gasteiger partial charge in [-0.2, -0.15) is 0 Å². The van der Waals surface area contributed by atoms with Crippen molar-refractivity contribution in [3.8, 4) is 5.75 Å². The number of carbonyl (C=O) groups excluding carboxylic acids is 1. The summed E-state index contributed by atoms with van der Waals surface area (Å²) in [5.74, 6) is -0.271. The number of rotatable bonds is 12. The number of nitrogens with zero attached hydrogens (tertiary/aromatic N) is 2. The maximum atomic E-state index is 13.6. The van der Waals surface area contributed by atoms with Crippen molar-refractivity contribution < 1.29 is 27.9 Å². The summed E-state index contributed by atoms with van der Waals surface area (Å²) in [6, 6.07) is 22.1. The molecule has 1 aliphatic heterocycles. The third kappa shape index (κ3) is 8.31. The van der Waals surface area contributed by atoms with E-state index in [4.69, 9.17) is 4.74 Å². The largest absolute Gasteiger partial charge is 0.497 e. The number of hydrogen-bond donors (Lipinski definition) is 2. The number of benzene rings is 3. The predicted octanol–water partition coefficient (Wildman–Crippen LogP) is 4.86. The van der Waals surface area contributed by atoms with E-state index in [1.165, 1.54) is 16.4 Å². The van der Waals surface area contributed by atoms with E-state index >= 15 is 0 Å². The van der Waals surface area contributed by atoms with Gasteiger partial charge in [-0.25, -0.2) is 13.2 Å². The Morgan fingerprint density at radius 2 is 1.63 bits per heavy atom. The number of hydrogen-bond acceptors (Lipinski definition) is 6. The lowest BCUT2D eigenvalue weighted by Crippen LogP contribution is -2.48. The number of amides is 1. The molecule has 1 atom stereocenters. The standard InChI is InChI=1S/C31H37N3O6S/c1-23(33-18-16-24(17-19-33)20-30(35)32-27-10-14-29(40-2)15-11-27)21-34(28-12-8-26(9-13-28)31(36)37)41(38,39)22-25-6-4-3-5-7-25/h3-15,23-24H,16-22H2,1-2H3,(H,32,35)(H,36,37)/t23-/m1/s1. The fourth-order valence-electron chi connectivity index (χ4n) is 5.11. The Labute approximate surface area is 241 Å². The normalized spacial score (nSPS) is 15.2. The molecule has 1 amide bonds. The van der Waals surface area contributed by atoms with Crippen molar-refractivity contribution in [3.05, 3.63) is 90.0 Å². The molecule has 2 N–H and O–H groups in total. The van der Waals surface area contributed by atoms with Crippen molar-refractivity contribution >= 4 is 33.3 Å². The third-order valence-electron chi connectivity index (χ3n) is 7.48. The van der Waals surface area contributed by atoms with Gasteiger partial charge >= 0.3 is 5.97 Å².